The van der Waals surface area contributed by atoms with Crippen molar-refractivity contribution in [3.8, 4) is 11.5 Å². The molecule has 1 saturated heterocycles. The van der Waals surface area contributed by atoms with Gasteiger partial charge in [-0.1, -0.05) is 0 Å². The van der Waals surface area contributed by atoms with E-state index in [0.717, 1.165) is 13.1 Å². The lowest BCUT2D eigenvalue weighted by Gasteiger charge is -2.27. The quantitative estimate of drug-likeness (QED) is 0.522. The van der Waals surface area contributed by atoms with E-state index >= 15 is 0 Å². The van der Waals surface area contributed by atoms with Crippen molar-refractivity contribution in [1.29, 1.82) is 0 Å². The summed E-state index contributed by atoms with van der Waals surface area (Å²) in [5.41, 5.74) is 0. The zero-order valence-corrected chi connectivity index (χ0v) is 16.5. The molecule has 8 nitrogen and oxygen atoms in total. The smallest absolute Gasteiger partial charge is 0.241 e. The highest BCUT2D eigenvalue weighted by atomic mass is 35.5. The van der Waals surface area contributed by atoms with E-state index < -0.39 is 10.0 Å². The summed E-state index contributed by atoms with van der Waals surface area (Å²) >= 11 is 0. The molecule has 1 aromatic carbocycles. The van der Waals surface area contributed by atoms with Gasteiger partial charge in [-0.3, -0.25) is 4.79 Å². The van der Waals surface area contributed by atoms with Gasteiger partial charge in [-0.2, -0.15) is 0 Å². The number of hydrogen-bond donors (Lipinski definition) is 3. The first-order chi connectivity index (χ1) is 12.0. The minimum Gasteiger partial charge on any atom is -0.490 e. The molecular formula is C16H26ClN3O5S. The highest BCUT2D eigenvalue weighted by Gasteiger charge is 2.20. The molecule has 0 aliphatic carbocycles. The molecule has 148 valence electrons. The van der Waals surface area contributed by atoms with Crippen LogP contribution in [0.4, 0.5) is 0 Å². The molecule has 0 unspecified atom stereocenters. The molecule has 0 bridgehead atoms. The topological polar surface area (TPSA) is 106 Å². The van der Waals surface area contributed by atoms with E-state index in [2.05, 4.69) is 15.4 Å². The second-order valence-corrected chi connectivity index (χ2v) is 7.39. The van der Waals surface area contributed by atoms with Gasteiger partial charge in [0.05, 0.1) is 24.7 Å². The van der Waals surface area contributed by atoms with E-state index in [9.17, 15) is 13.2 Å². The first-order valence-corrected chi connectivity index (χ1v) is 9.81. The van der Waals surface area contributed by atoms with Gasteiger partial charge in [0.25, 0.3) is 0 Å². The Hall–Kier alpha value is -1.55. The van der Waals surface area contributed by atoms with Gasteiger partial charge in [-0.15, -0.1) is 12.4 Å². The Balaban J connectivity index is 0.00000338. The molecule has 1 aliphatic heterocycles. The Morgan fingerprint density at radius 1 is 1.19 bits per heavy atom. The molecule has 0 radical (unpaired) electrons. The number of hydrogen-bond acceptors (Lipinski definition) is 6. The number of carbonyl (C=O) groups is 1. The van der Waals surface area contributed by atoms with E-state index in [1.807, 2.05) is 6.92 Å². The fourth-order valence-electron chi connectivity index (χ4n) is 2.26. The van der Waals surface area contributed by atoms with Crippen LogP contribution in [0.1, 0.15) is 13.8 Å². The van der Waals surface area contributed by atoms with Crippen LogP contribution in [0, 0.1) is 5.92 Å². The molecule has 2 rings (SSSR count). The SMILES string of the molecule is CCOc1ccc(S(=O)(=O)NCC(=O)NCC2CNC2)cc1OCC.Cl. The largest absolute Gasteiger partial charge is 0.490 e. The number of carbonyl (C=O) groups excluding carboxylic acids is 1. The number of nitrogens with one attached hydrogen (secondary N) is 3. The van der Waals surface area contributed by atoms with Crippen LogP contribution in [0.3, 0.4) is 0 Å². The molecule has 0 saturated carbocycles. The molecule has 1 aromatic rings. The van der Waals surface area contributed by atoms with Crippen LogP contribution in [0.25, 0.3) is 0 Å². The van der Waals surface area contributed by atoms with E-state index in [1.165, 1.54) is 12.1 Å². The summed E-state index contributed by atoms with van der Waals surface area (Å²) in [7, 11) is -3.82. The first-order valence-electron chi connectivity index (χ1n) is 8.33. The lowest BCUT2D eigenvalue weighted by Crippen LogP contribution is -2.49. The number of amides is 1. The second-order valence-electron chi connectivity index (χ2n) is 5.63. The van der Waals surface area contributed by atoms with E-state index in [0.29, 0.717) is 37.2 Å². The fraction of sp³-hybridized carbons (Fsp3) is 0.562. The van der Waals surface area contributed by atoms with Gasteiger partial charge in [0.15, 0.2) is 11.5 Å². The minimum atomic E-state index is -3.82. The van der Waals surface area contributed by atoms with Crippen molar-refractivity contribution in [3.05, 3.63) is 18.2 Å². The minimum absolute atomic E-state index is 0. The summed E-state index contributed by atoms with van der Waals surface area (Å²) in [4.78, 5) is 11.8. The highest BCUT2D eigenvalue weighted by Crippen LogP contribution is 2.30. The Morgan fingerprint density at radius 2 is 1.85 bits per heavy atom. The number of benzene rings is 1. The standard InChI is InChI=1S/C16H25N3O5S.ClH/c1-3-23-14-6-5-13(7-15(14)24-4-2)25(21,22)19-11-16(20)18-10-12-8-17-9-12;/h5-7,12,17,19H,3-4,8-11H2,1-2H3,(H,18,20);1H. The first kappa shape index (κ1) is 22.5. The van der Waals surface area contributed by atoms with Crippen molar-refractivity contribution >= 4 is 28.3 Å². The lowest BCUT2D eigenvalue weighted by atomic mass is 10.0. The summed E-state index contributed by atoms with van der Waals surface area (Å²) in [6.07, 6.45) is 0. The molecule has 1 fully saturated rings. The monoisotopic (exact) mass is 407 g/mol. The van der Waals surface area contributed by atoms with Crippen molar-refractivity contribution in [2.24, 2.45) is 5.92 Å². The average Bonchev–Trinajstić information content (AvgIpc) is 2.53. The van der Waals surface area contributed by atoms with Gasteiger partial charge in [-0.25, -0.2) is 13.1 Å². The Kier molecular flexibility index (Phi) is 9.14. The Morgan fingerprint density at radius 3 is 2.42 bits per heavy atom. The third kappa shape index (κ3) is 6.31. The van der Waals surface area contributed by atoms with Crippen LogP contribution >= 0.6 is 12.4 Å². The average molecular weight is 408 g/mol. The van der Waals surface area contributed by atoms with Crippen LogP contribution in [-0.4, -0.2) is 53.7 Å². The van der Waals surface area contributed by atoms with Crippen molar-refractivity contribution < 1.29 is 22.7 Å². The van der Waals surface area contributed by atoms with E-state index in [1.54, 1.807) is 13.0 Å². The van der Waals surface area contributed by atoms with Gasteiger partial charge in [0.1, 0.15) is 0 Å². The third-order valence-electron chi connectivity index (χ3n) is 3.70. The predicted molar refractivity (Wildman–Crippen MR) is 101 cm³/mol. The van der Waals surface area contributed by atoms with Crippen molar-refractivity contribution in [1.82, 2.24) is 15.4 Å². The van der Waals surface area contributed by atoms with E-state index in [-0.39, 0.29) is 29.8 Å². The van der Waals surface area contributed by atoms with Crippen molar-refractivity contribution in [3.63, 3.8) is 0 Å². The van der Waals surface area contributed by atoms with Crippen LogP contribution in [0.5, 0.6) is 11.5 Å². The number of rotatable bonds is 10. The van der Waals surface area contributed by atoms with Crippen molar-refractivity contribution in [2.75, 3.05) is 39.4 Å². The van der Waals surface area contributed by atoms with Gasteiger partial charge < -0.3 is 20.1 Å². The van der Waals surface area contributed by atoms with E-state index in [4.69, 9.17) is 9.47 Å². The number of sulfonamides is 1. The fourth-order valence-corrected chi connectivity index (χ4v) is 3.25. The predicted octanol–water partition coefficient (Wildman–Crippen LogP) is 0.520. The van der Waals surface area contributed by atoms with Crippen LogP contribution in [-0.2, 0) is 14.8 Å². The van der Waals surface area contributed by atoms with Gasteiger partial charge in [0.2, 0.25) is 15.9 Å². The summed E-state index contributed by atoms with van der Waals surface area (Å²) in [5.74, 6) is 0.899. The second kappa shape index (κ2) is 10.6. The molecular weight excluding hydrogens is 382 g/mol. The zero-order valence-electron chi connectivity index (χ0n) is 14.9. The molecule has 1 aliphatic rings. The Bertz CT molecular complexity index is 695. The normalized spacial score (nSPS) is 14.1. The van der Waals surface area contributed by atoms with Gasteiger partial charge >= 0.3 is 0 Å². The van der Waals surface area contributed by atoms with Crippen LogP contribution < -0.4 is 24.8 Å². The summed E-state index contributed by atoms with van der Waals surface area (Å²) < 4.78 is 37.9. The third-order valence-corrected chi connectivity index (χ3v) is 5.10. The zero-order chi connectivity index (χ0) is 18.3. The maximum atomic E-state index is 12.4. The van der Waals surface area contributed by atoms with Gasteiger partial charge in [-0.05, 0) is 26.0 Å². The molecule has 1 amide bonds. The molecule has 0 aromatic heterocycles. The molecule has 10 heteroatoms. The van der Waals surface area contributed by atoms with Crippen LogP contribution in [0.15, 0.2) is 23.1 Å². The van der Waals surface area contributed by atoms with Crippen molar-refractivity contribution in [2.45, 2.75) is 18.7 Å². The highest BCUT2D eigenvalue weighted by molar-refractivity contribution is 7.89. The van der Waals surface area contributed by atoms with Gasteiger partial charge in [0, 0.05) is 31.6 Å². The molecule has 0 spiro atoms. The lowest BCUT2D eigenvalue weighted by molar-refractivity contribution is -0.120. The molecule has 26 heavy (non-hydrogen) atoms. The molecule has 0 atom stereocenters. The number of ether oxygens (including phenoxy) is 2. The molecule has 3 N–H and O–H groups in total. The van der Waals surface area contributed by atoms with Crippen LogP contribution in [0.2, 0.25) is 0 Å². The summed E-state index contributed by atoms with van der Waals surface area (Å²) in [6, 6.07) is 4.37. The summed E-state index contributed by atoms with van der Waals surface area (Å²) in [6.45, 7) is 6.45. The number of halogens is 1. The molecule has 1 heterocycles. The maximum Gasteiger partial charge on any atom is 0.241 e. The maximum absolute atomic E-state index is 12.4. The summed E-state index contributed by atoms with van der Waals surface area (Å²) in [5, 5.41) is 5.82. The Labute approximate surface area is 160 Å².